The summed E-state index contributed by atoms with van der Waals surface area (Å²) >= 11 is 1.39. The number of nitrogens with zero attached hydrogens (tertiary/aromatic N) is 2. The van der Waals surface area contributed by atoms with E-state index in [0.29, 0.717) is 11.7 Å². The Morgan fingerprint density at radius 3 is 2.52 bits per heavy atom. The average Bonchev–Trinajstić information content (AvgIpc) is 2.90. The zero-order valence-electron chi connectivity index (χ0n) is 14.3. The van der Waals surface area contributed by atoms with Gasteiger partial charge < -0.3 is 9.84 Å². The number of carbonyl (C=O) groups is 1. The van der Waals surface area contributed by atoms with E-state index in [0.717, 1.165) is 43.4 Å². The maximum atomic E-state index is 13.0. The van der Waals surface area contributed by atoms with Crippen molar-refractivity contribution in [2.24, 2.45) is 0 Å². The number of benzene rings is 1. The molecule has 3 rings (SSSR count). The summed E-state index contributed by atoms with van der Waals surface area (Å²) in [4.78, 5) is 17.8. The molecule has 5 nitrogen and oxygen atoms in total. The molecule has 2 aromatic rings. The van der Waals surface area contributed by atoms with Crippen LogP contribution in [0.4, 0.5) is 4.39 Å². The average molecular weight is 363 g/mol. The number of aryl methyl sites for hydroxylation is 1. The largest absolute Gasteiger partial charge is 0.342 e. The number of amides is 1. The lowest BCUT2D eigenvalue weighted by atomic mass is 9.89. The van der Waals surface area contributed by atoms with E-state index in [4.69, 9.17) is 4.52 Å². The van der Waals surface area contributed by atoms with Crippen LogP contribution in [-0.2, 0) is 10.3 Å². The molecular formula is C18H22FN3O2S. The van der Waals surface area contributed by atoms with Crippen LogP contribution in [0.1, 0.15) is 50.2 Å². The van der Waals surface area contributed by atoms with Crippen LogP contribution in [0.2, 0.25) is 0 Å². The topological polar surface area (TPSA) is 68.0 Å². The number of carbonyl (C=O) groups excluding carboxylic acids is 1. The SMILES string of the molecule is Cc1nc(C2(NC(=O)CSc3ccc(F)cc3)CCCCCC2)no1. The molecule has 1 amide bonds. The summed E-state index contributed by atoms with van der Waals surface area (Å²) in [5, 5.41) is 7.25. The predicted molar refractivity (Wildman–Crippen MR) is 93.7 cm³/mol. The van der Waals surface area contributed by atoms with Gasteiger partial charge in [0.05, 0.1) is 5.75 Å². The quantitative estimate of drug-likeness (QED) is 0.643. The summed E-state index contributed by atoms with van der Waals surface area (Å²) in [5.74, 6) is 1.00. The minimum absolute atomic E-state index is 0.0707. The lowest BCUT2D eigenvalue weighted by molar-refractivity contribution is -0.120. The molecule has 0 radical (unpaired) electrons. The highest BCUT2D eigenvalue weighted by molar-refractivity contribution is 8.00. The molecular weight excluding hydrogens is 341 g/mol. The maximum Gasteiger partial charge on any atom is 0.231 e. The van der Waals surface area contributed by atoms with Crippen molar-refractivity contribution in [3.05, 3.63) is 41.8 Å². The van der Waals surface area contributed by atoms with Crippen molar-refractivity contribution in [3.8, 4) is 0 Å². The Morgan fingerprint density at radius 1 is 1.24 bits per heavy atom. The highest BCUT2D eigenvalue weighted by atomic mass is 32.2. The van der Waals surface area contributed by atoms with Crippen molar-refractivity contribution in [2.75, 3.05) is 5.75 Å². The van der Waals surface area contributed by atoms with Gasteiger partial charge in [0.2, 0.25) is 11.8 Å². The Bertz CT molecular complexity index is 709. The molecule has 0 aliphatic heterocycles. The molecule has 7 heteroatoms. The second-order valence-electron chi connectivity index (χ2n) is 6.42. The second kappa shape index (κ2) is 7.99. The Labute approximate surface area is 150 Å². The Balaban J connectivity index is 1.69. The van der Waals surface area contributed by atoms with Gasteiger partial charge in [-0.05, 0) is 37.1 Å². The van der Waals surface area contributed by atoms with Crippen molar-refractivity contribution in [3.63, 3.8) is 0 Å². The summed E-state index contributed by atoms with van der Waals surface area (Å²) in [6, 6.07) is 6.15. The molecule has 1 heterocycles. The van der Waals surface area contributed by atoms with E-state index in [9.17, 15) is 9.18 Å². The van der Waals surface area contributed by atoms with E-state index >= 15 is 0 Å². The number of halogens is 1. The van der Waals surface area contributed by atoms with Gasteiger partial charge in [-0.15, -0.1) is 11.8 Å². The fourth-order valence-electron chi connectivity index (χ4n) is 3.21. The van der Waals surface area contributed by atoms with Crippen LogP contribution in [0.3, 0.4) is 0 Å². The molecule has 134 valence electrons. The monoisotopic (exact) mass is 363 g/mol. The van der Waals surface area contributed by atoms with Crippen molar-refractivity contribution >= 4 is 17.7 Å². The van der Waals surface area contributed by atoms with Gasteiger partial charge >= 0.3 is 0 Å². The van der Waals surface area contributed by atoms with Gasteiger partial charge in [0, 0.05) is 11.8 Å². The summed E-state index contributed by atoms with van der Waals surface area (Å²) in [7, 11) is 0. The Hall–Kier alpha value is -1.89. The van der Waals surface area contributed by atoms with Crippen molar-refractivity contribution in [1.29, 1.82) is 0 Å². The van der Waals surface area contributed by atoms with Crippen molar-refractivity contribution < 1.29 is 13.7 Å². The number of rotatable bonds is 5. The molecule has 0 bridgehead atoms. The van der Waals surface area contributed by atoms with Crippen LogP contribution in [0.5, 0.6) is 0 Å². The van der Waals surface area contributed by atoms with E-state index in [1.165, 1.54) is 23.9 Å². The molecule has 1 fully saturated rings. The minimum Gasteiger partial charge on any atom is -0.342 e. The summed E-state index contributed by atoms with van der Waals surface area (Å²) in [6.07, 6.45) is 5.99. The van der Waals surface area contributed by atoms with Gasteiger partial charge in [0.15, 0.2) is 5.82 Å². The van der Waals surface area contributed by atoms with Crippen LogP contribution < -0.4 is 5.32 Å². The number of nitrogens with one attached hydrogen (secondary N) is 1. The molecule has 0 saturated heterocycles. The molecule has 25 heavy (non-hydrogen) atoms. The third kappa shape index (κ3) is 4.60. The first-order valence-corrected chi connectivity index (χ1v) is 9.56. The Kier molecular flexibility index (Phi) is 5.73. The third-order valence-corrected chi connectivity index (χ3v) is 5.49. The lowest BCUT2D eigenvalue weighted by Crippen LogP contribution is -2.47. The molecule has 1 saturated carbocycles. The highest BCUT2D eigenvalue weighted by Crippen LogP contribution is 2.34. The van der Waals surface area contributed by atoms with E-state index < -0.39 is 5.54 Å². The molecule has 1 aliphatic carbocycles. The van der Waals surface area contributed by atoms with Gasteiger partial charge in [-0.25, -0.2) is 4.39 Å². The van der Waals surface area contributed by atoms with Crippen molar-refractivity contribution in [1.82, 2.24) is 15.5 Å². The van der Waals surface area contributed by atoms with E-state index in [2.05, 4.69) is 15.5 Å². The van der Waals surface area contributed by atoms with Crippen molar-refractivity contribution in [2.45, 2.75) is 55.9 Å². The normalized spacial score (nSPS) is 17.0. The predicted octanol–water partition coefficient (Wildman–Crippen LogP) is 3.98. The van der Waals surface area contributed by atoms with Crippen LogP contribution >= 0.6 is 11.8 Å². The number of aromatic nitrogens is 2. The smallest absolute Gasteiger partial charge is 0.231 e. The van der Waals surface area contributed by atoms with Gasteiger partial charge in [-0.2, -0.15) is 4.98 Å². The molecule has 0 atom stereocenters. The first kappa shape index (κ1) is 17.9. The van der Waals surface area contributed by atoms with E-state index in [1.54, 1.807) is 19.1 Å². The van der Waals surface area contributed by atoms with Gasteiger partial charge in [-0.3, -0.25) is 4.79 Å². The summed E-state index contributed by atoms with van der Waals surface area (Å²) in [6.45, 7) is 1.76. The number of thioether (sulfide) groups is 1. The third-order valence-electron chi connectivity index (χ3n) is 4.47. The van der Waals surface area contributed by atoms with E-state index in [-0.39, 0.29) is 17.5 Å². The highest BCUT2D eigenvalue weighted by Gasteiger charge is 2.38. The molecule has 0 unspecified atom stereocenters. The minimum atomic E-state index is -0.547. The van der Waals surface area contributed by atoms with Gasteiger partial charge in [0.25, 0.3) is 0 Å². The zero-order chi connectivity index (χ0) is 17.7. The number of hydrogen-bond donors (Lipinski definition) is 1. The number of hydrogen-bond acceptors (Lipinski definition) is 5. The van der Waals surface area contributed by atoms with Gasteiger partial charge in [0.1, 0.15) is 11.4 Å². The van der Waals surface area contributed by atoms with Crippen LogP contribution in [-0.4, -0.2) is 21.8 Å². The summed E-state index contributed by atoms with van der Waals surface area (Å²) in [5.41, 5.74) is -0.547. The molecule has 1 aromatic heterocycles. The first-order valence-electron chi connectivity index (χ1n) is 8.58. The first-order chi connectivity index (χ1) is 12.1. The van der Waals surface area contributed by atoms with E-state index in [1.807, 2.05) is 0 Å². The van der Waals surface area contributed by atoms with Crippen LogP contribution in [0.15, 0.2) is 33.7 Å². The molecule has 1 N–H and O–H groups in total. The molecule has 1 aliphatic rings. The Morgan fingerprint density at radius 2 is 1.92 bits per heavy atom. The van der Waals surface area contributed by atoms with Gasteiger partial charge in [-0.1, -0.05) is 30.8 Å². The fourth-order valence-corrected chi connectivity index (χ4v) is 3.91. The molecule has 1 aromatic carbocycles. The lowest BCUT2D eigenvalue weighted by Gasteiger charge is -2.30. The fraction of sp³-hybridized carbons (Fsp3) is 0.500. The molecule has 0 spiro atoms. The van der Waals surface area contributed by atoms with Crippen LogP contribution in [0, 0.1) is 12.7 Å². The van der Waals surface area contributed by atoms with Crippen LogP contribution in [0.25, 0.3) is 0 Å². The second-order valence-corrected chi connectivity index (χ2v) is 7.47. The maximum absolute atomic E-state index is 13.0. The zero-order valence-corrected chi connectivity index (χ0v) is 15.1. The summed E-state index contributed by atoms with van der Waals surface area (Å²) < 4.78 is 18.1. The standard InChI is InChI=1S/C18H22FN3O2S/c1-13-20-17(22-24-13)18(10-4-2-3-5-11-18)21-16(23)12-25-15-8-6-14(19)7-9-15/h6-9H,2-5,10-12H2,1H3,(H,21,23).